The predicted molar refractivity (Wildman–Crippen MR) is 125 cm³/mol. The Morgan fingerprint density at radius 2 is 2.04 bits per heavy atom. The van der Waals surface area contributed by atoms with Crippen LogP contribution >= 0.6 is 24.0 Å². The number of rotatable bonds is 10. The van der Waals surface area contributed by atoms with E-state index in [1.165, 1.54) is 6.42 Å². The van der Waals surface area contributed by atoms with Crippen LogP contribution in [0, 0.1) is 5.92 Å². The molecule has 1 fully saturated rings. The molecule has 0 bridgehead atoms. The number of sulfonamides is 1. The van der Waals surface area contributed by atoms with Gasteiger partial charge in [0.1, 0.15) is 5.75 Å². The van der Waals surface area contributed by atoms with E-state index >= 15 is 0 Å². The number of nitrogens with zero attached hydrogens (tertiary/aromatic N) is 2. The molecule has 0 saturated heterocycles. The Hall–Kier alpha value is -1.07. The van der Waals surface area contributed by atoms with Gasteiger partial charge in [0.2, 0.25) is 10.0 Å². The van der Waals surface area contributed by atoms with Crippen molar-refractivity contribution >= 4 is 40.0 Å². The summed E-state index contributed by atoms with van der Waals surface area (Å²) in [6, 6.07) is 7.83. The highest BCUT2D eigenvalue weighted by Crippen LogP contribution is 2.25. The topological polar surface area (TPSA) is 83.0 Å². The molecule has 0 radical (unpaired) electrons. The summed E-state index contributed by atoms with van der Waals surface area (Å²) in [7, 11) is 0.298. The molecule has 2 N–H and O–H groups in total. The standard InChI is InChI=1S/C19H32N4O3S.HI/c1-4-20-19(23(2)15-17-10-5-6-11-18(17)26-3)21-12-13-27(24,25)22-14-16-8-7-9-16;/h5-6,10-11,16,22H,4,7-9,12-15H2,1-3H3,(H,20,21);1H. The number of benzene rings is 1. The normalized spacial score (nSPS) is 14.8. The van der Waals surface area contributed by atoms with Crippen molar-refractivity contribution in [3.8, 4) is 5.75 Å². The van der Waals surface area contributed by atoms with Crippen LogP contribution in [0.4, 0.5) is 0 Å². The van der Waals surface area contributed by atoms with Gasteiger partial charge in [0.05, 0.1) is 19.4 Å². The maximum atomic E-state index is 12.1. The smallest absolute Gasteiger partial charge is 0.213 e. The van der Waals surface area contributed by atoms with Gasteiger partial charge in [-0.3, -0.25) is 4.99 Å². The lowest BCUT2D eigenvalue weighted by Gasteiger charge is -2.25. The minimum absolute atomic E-state index is 0. The second kappa shape index (κ2) is 12.5. The van der Waals surface area contributed by atoms with Crippen molar-refractivity contribution in [2.75, 3.05) is 39.5 Å². The van der Waals surface area contributed by atoms with Crippen molar-refractivity contribution in [3.05, 3.63) is 29.8 Å². The Morgan fingerprint density at radius 3 is 2.64 bits per heavy atom. The first-order valence-corrected chi connectivity index (χ1v) is 11.2. The van der Waals surface area contributed by atoms with E-state index in [2.05, 4.69) is 15.0 Å². The van der Waals surface area contributed by atoms with Crippen molar-refractivity contribution in [2.45, 2.75) is 32.7 Å². The summed E-state index contributed by atoms with van der Waals surface area (Å²) in [6.45, 7) is 4.09. The van der Waals surface area contributed by atoms with Crippen molar-refractivity contribution in [2.24, 2.45) is 10.9 Å². The third kappa shape index (κ3) is 8.12. The third-order valence-electron chi connectivity index (χ3n) is 4.73. The zero-order valence-electron chi connectivity index (χ0n) is 17.0. The van der Waals surface area contributed by atoms with Crippen LogP contribution in [0.15, 0.2) is 29.3 Å². The molecule has 0 spiro atoms. The second-order valence-corrected chi connectivity index (χ2v) is 8.79. The van der Waals surface area contributed by atoms with Crippen LogP contribution in [0.2, 0.25) is 0 Å². The van der Waals surface area contributed by atoms with E-state index in [9.17, 15) is 8.42 Å². The number of halogens is 1. The fraction of sp³-hybridized carbons (Fsp3) is 0.632. The summed E-state index contributed by atoms with van der Waals surface area (Å²) in [5.41, 5.74) is 1.04. The van der Waals surface area contributed by atoms with E-state index in [0.29, 0.717) is 31.5 Å². The third-order valence-corrected chi connectivity index (χ3v) is 6.06. The molecule has 0 heterocycles. The van der Waals surface area contributed by atoms with Crippen molar-refractivity contribution < 1.29 is 13.2 Å². The molecule has 9 heteroatoms. The number of hydrogen-bond donors (Lipinski definition) is 2. The number of ether oxygens (including phenoxy) is 1. The van der Waals surface area contributed by atoms with Gasteiger partial charge in [-0.2, -0.15) is 0 Å². The van der Waals surface area contributed by atoms with E-state index in [0.717, 1.165) is 24.2 Å². The first-order valence-electron chi connectivity index (χ1n) is 9.54. The van der Waals surface area contributed by atoms with E-state index in [-0.39, 0.29) is 36.3 Å². The van der Waals surface area contributed by atoms with Crippen LogP contribution in [0.25, 0.3) is 0 Å². The lowest BCUT2D eigenvalue weighted by atomic mass is 9.86. The SMILES string of the molecule is CCNC(=NCCS(=O)(=O)NCC1CCC1)N(C)Cc1ccccc1OC.I. The molecule has 0 unspecified atom stereocenters. The number of para-hydroxylation sites is 1. The Kier molecular flexibility index (Phi) is 11.1. The van der Waals surface area contributed by atoms with Crippen LogP contribution in [-0.2, 0) is 16.6 Å². The van der Waals surface area contributed by atoms with Gasteiger partial charge >= 0.3 is 0 Å². The summed E-state index contributed by atoms with van der Waals surface area (Å²) in [4.78, 5) is 6.45. The quantitative estimate of drug-likeness (QED) is 0.279. The number of nitrogens with one attached hydrogen (secondary N) is 2. The van der Waals surface area contributed by atoms with Crippen LogP contribution in [0.3, 0.4) is 0 Å². The van der Waals surface area contributed by atoms with Crippen molar-refractivity contribution in [1.29, 1.82) is 0 Å². The monoisotopic (exact) mass is 524 g/mol. The Balaban J connectivity index is 0.00000392. The Labute approximate surface area is 186 Å². The van der Waals surface area contributed by atoms with E-state index in [1.54, 1.807) is 7.11 Å². The molecule has 0 aliphatic heterocycles. The first kappa shape index (κ1) is 25.0. The van der Waals surface area contributed by atoms with Gasteiger partial charge in [-0.15, -0.1) is 24.0 Å². The maximum Gasteiger partial charge on any atom is 0.213 e. The number of aliphatic imine (C=N–C) groups is 1. The van der Waals surface area contributed by atoms with Gasteiger partial charge in [-0.1, -0.05) is 24.6 Å². The molecule has 160 valence electrons. The van der Waals surface area contributed by atoms with Crippen molar-refractivity contribution in [1.82, 2.24) is 14.9 Å². The maximum absolute atomic E-state index is 12.1. The highest BCUT2D eigenvalue weighted by atomic mass is 127. The second-order valence-electron chi connectivity index (χ2n) is 6.87. The summed E-state index contributed by atoms with van der Waals surface area (Å²) < 4.78 is 32.4. The number of hydrogen-bond acceptors (Lipinski definition) is 4. The van der Waals surface area contributed by atoms with Gasteiger partial charge in [-0.05, 0) is 31.7 Å². The van der Waals surface area contributed by atoms with E-state index < -0.39 is 10.0 Å². The van der Waals surface area contributed by atoms with Crippen LogP contribution in [0.1, 0.15) is 31.7 Å². The molecule has 1 aromatic rings. The fourth-order valence-electron chi connectivity index (χ4n) is 2.92. The highest BCUT2D eigenvalue weighted by molar-refractivity contribution is 14.0. The molecule has 28 heavy (non-hydrogen) atoms. The van der Waals surface area contributed by atoms with E-state index in [4.69, 9.17) is 4.74 Å². The molecule has 7 nitrogen and oxygen atoms in total. The average molecular weight is 524 g/mol. The molecular formula is C19H33IN4O3S. The molecule has 0 amide bonds. The largest absolute Gasteiger partial charge is 0.496 e. The number of methoxy groups -OCH3 is 1. The molecular weight excluding hydrogens is 491 g/mol. The van der Waals surface area contributed by atoms with Crippen LogP contribution < -0.4 is 14.8 Å². The van der Waals surface area contributed by atoms with E-state index in [1.807, 2.05) is 43.1 Å². The molecule has 0 atom stereocenters. The highest BCUT2D eigenvalue weighted by Gasteiger charge is 2.20. The van der Waals surface area contributed by atoms with Crippen LogP contribution in [0.5, 0.6) is 5.75 Å². The summed E-state index contributed by atoms with van der Waals surface area (Å²) in [5.74, 6) is 2.00. The Morgan fingerprint density at radius 1 is 1.32 bits per heavy atom. The van der Waals surface area contributed by atoms with Gasteiger partial charge < -0.3 is 15.0 Å². The van der Waals surface area contributed by atoms with Gasteiger partial charge in [0.25, 0.3) is 0 Å². The molecule has 1 aliphatic rings. The summed E-state index contributed by atoms with van der Waals surface area (Å²) in [6.07, 6.45) is 3.46. The van der Waals surface area contributed by atoms with Crippen LogP contribution in [-0.4, -0.2) is 58.8 Å². The zero-order valence-corrected chi connectivity index (χ0v) is 20.1. The lowest BCUT2D eigenvalue weighted by molar-refractivity contribution is 0.316. The van der Waals surface area contributed by atoms with Crippen molar-refractivity contribution in [3.63, 3.8) is 0 Å². The first-order chi connectivity index (χ1) is 12.9. The molecule has 0 aromatic heterocycles. The lowest BCUT2D eigenvalue weighted by Crippen LogP contribution is -2.39. The summed E-state index contributed by atoms with van der Waals surface area (Å²) >= 11 is 0. The molecule has 1 saturated carbocycles. The number of guanidine groups is 1. The van der Waals surface area contributed by atoms with Gasteiger partial charge in [0, 0.05) is 32.2 Å². The minimum Gasteiger partial charge on any atom is -0.496 e. The minimum atomic E-state index is -3.28. The summed E-state index contributed by atoms with van der Waals surface area (Å²) in [5, 5.41) is 3.21. The fourth-order valence-corrected chi connectivity index (χ4v) is 3.88. The van der Waals surface area contributed by atoms with Gasteiger partial charge in [-0.25, -0.2) is 13.1 Å². The molecule has 2 rings (SSSR count). The predicted octanol–water partition coefficient (Wildman–Crippen LogP) is 2.43. The molecule has 1 aromatic carbocycles. The average Bonchev–Trinajstić information content (AvgIpc) is 2.60. The molecule has 1 aliphatic carbocycles. The van der Waals surface area contributed by atoms with Gasteiger partial charge in [0.15, 0.2) is 5.96 Å². The zero-order chi connectivity index (χ0) is 19.7. The Bertz CT molecular complexity index is 724.